The standard InChI is InChI=1S/C20H21N5OS2/c1-3-14-11-22-18(27-14)12-24-20(21-2)23-10-13-8-9-16(26-13)19-25-15-6-4-5-7-17(15)28-19/h4-9,11H,3,10,12H2,1-2H3,(H2,21,23,24). The fourth-order valence-corrected chi connectivity index (χ4v) is 4.44. The van der Waals surface area contributed by atoms with Gasteiger partial charge in [0.1, 0.15) is 10.8 Å². The number of furan rings is 1. The van der Waals surface area contributed by atoms with Crippen LogP contribution in [0.5, 0.6) is 0 Å². The number of benzene rings is 1. The Balaban J connectivity index is 1.35. The van der Waals surface area contributed by atoms with Gasteiger partial charge in [0, 0.05) is 18.1 Å². The van der Waals surface area contributed by atoms with Crippen LogP contribution < -0.4 is 10.6 Å². The number of nitrogens with one attached hydrogen (secondary N) is 2. The summed E-state index contributed by atoms with van der Waals surface area (Å²) in [5.41, 5.74) is 0.997. The van der Waals surface area contributed by atoms with Crippen molar-refractivity contribution in [3.63, 3.8) is 0 Å². The van der Waals surface area contributed by atoms with Crippen molar-refractivity contribution in [1.29, 1.82) is 0 Å². The molecular formula is C20H21N5OS2. The third-order valence-electron chi connectivity index (χ3n) is 4.18. The lowest BCUT2D eigenvalue weighted by atomic mass is 10.3. The number of hydrogen-bond acceptors (Lipinski definition) is 6. The molecule has 0 aliphatic rings. The number of nitrogens with zero attached hydrogens (tertiary/aromatic N) is 3. The second kappa shape index (κ2) is 8.53. The average molecular weight is 412 g/mol. The summed E-state index contributed by atoms with van der Waals surface area (Å²) in [6, 6.07) is 12.0. The Hall–Kier alpha value is -2.71. The maximum Gasteiger partial charge on any atom is 0.191 e. The predicted molar refractivity (Wildman–Crippen MR) is 116 cm³/mol. The Labute approximate surface area is 171 Å². The first kappa shape index (κ1) is 18.6. The molecule has 0 aliphatic carbocycles. The van der Waals surface area contributed by atoms with Crippen LogP contribution in [-0.2, 0) is 19.5 Å². The molecule has 0 spiro atoms. The average Bonchev–Trinajstić information content (AvgIpc) is 3.46. The predicted octanol–water partition coefficient (Wildman–Crippen LogP) is 4.44. The van der Waals surface area contributed by atoms with Gasteiger partial charge >= 0.3 is 0 Å². The van der Waals surface area contributed by atoms with E-state index in [0.29, 0.717) is 19.0 Å². The van der Waals surface area contributed by atoms with Gasteiger partial charge in [0.25, 0.3) is 0 Å². The van der Waals surface area contributed by atoms with E-state index in [0.717, 1.165) is 38.2 Å². The molecule has 0 atom stereocenters. The molecule has 8 heteroatoms. The van der Waals surface area contributed by atoms with E-state index in [4.69, 9.17) is 4.42 Å². The first-order chi connectivity index (χ1) is 13.7. The SMILES string of the molecule is CCc1cnc(CNC(=NC)NCc2ccc(-c3nc4ccccc4s3)o2)s1. The fourth-order valence-electron chi connectivity index (χ4n) is 2.71. The molecule has 4 aromatic rings. The Bertz CT molecular complexity index is 1060. The molecule has 28 heavy (non-hydrogen) atoms. The smallest absolute Gasteiger partial charge is 0.191 e. The van der Waals surface area contributed by atoms with Crippen molar-refractivity contribution in [3.8, 4) is 10.8 Å². The van der Waals surface area contributed by atoms with Crippen LogP contribution in [-0.4, -0.2) is 23.0 Å². The van der Waals surface area contributed by atoms with E-state index in [2.05, 4.69) is 38.6 Å². The summed E-state index contributed by atoms with van der Waals surface area (Å²) >= 11 is 3.36. The minimum atomic E-state index is 0.544. The lowest BCUT2D eigenvalue weighted by Crippen LogP contribution is -2.36. The maximum atomic E-state index is 5.97. The van der Waals surface area contributed by atoms with Crippen molar-refractivity contribution >= 4 is 38.8 Å². The van der Waals surface area contributed by atoms with Crippen molar-refractivity contribution < 1.29 is 4.42 Å². The molecule has 2 N–H and O–H groups in total. The molecule has 0 aliphatic heterocycles. The topological polar surface area (TPSA) is 75.3 Å². The second-order valence-corrected chi connectivity index (χ2v) is 8.34. The van der Waals surface area contributed by atoms with Crippen molar-refractivity contribution in [3.05, 3.63) is 58.2 Å². The van der Waals surface area contributed by atoms with Gasteiger partial charge in [0.05, 0.1) is 23.3 Å². The van der Waals surface area contributed by atoms with Gasteiger partial charge in [-0.25, -0.2) is 9.97 Å². The van der Waals surface area contributed by atoms with Crippen molar-refractivity contribution in [2.75, 3.05) is 7.05 Å². The molecular weight excluding hydrogens is 390 g/mol. The number of aliphatic imine (C=N–C) groups is 1. The van der Waals surface area contributed by atoms with Crippen LogP contribution in [0, 0.1) is 0 Å². The molecule has 3 heterocycles. The molecule has 0 radical (unpaired) electrons. The quantitative estimate of drug-likeness (QED) is 0.362. The third kappa shape index (κ3) is 4.23. The molecule has 144 valence electrons. The molecule has 0 bridgehead atoms. The highest BCUT2D eigenvalue weighted by Crippen LogP contribution is 2.31. The summed E-state index contributed by atoms with van der Waals surface area (Å²) in [6.45, 7) is 3.33. The zero-order valence-corrected chi connectivity index (χ0v) is 17.4. The number of thiazole rings is 2. The van der Waals surface area contributed by atoms with E-state index >= 15 is 0 Å². The monoisotopic (exact) mass is 411 g/mol. The van der Waals surface area contributed by atoms with Crippen LogP contribution in [0.1, 0.15) is 22.6 Å². The summed E-state index contributed by atoms with van der Waals surface area (Å²) in [5.74, 6) is 2.33. The number of hydrogen-bond donors (Lipinski definition) is 2. The molecule has 1 aromatic carbocycles. The number of para-hydroxylation sites is 1. The lowest BCUT2D eigenvalue weighted by molar-refractivity contribution is 0.513. The molecule has 0 saturated heterocycles. The van der Waals surface area contributed by atoms with Gasteiger partial charge in [-0.3, -0.25) is 4.99 Å². The normalized spacial score (nSPS) is 11.9. The van der Waals surface area contributed by atoms with Gasteiger partial charge in [-0.15, -0.1) is 22.7 Å². The largest absolute Gasteiger partial charge is 0.457 e. The Morgan fingerprint density at radius 1 is 1.11 bits per heavy atom. The van der Waals surface area contributed by atoms with Gasteiger partial charge in [-0.1, -0.05) is 19.1 Å². The van der Waals surface area contributed by atoms with Crippen molar-refractivity contribution in [2.24, 2.45) is 4.99 Å². The fraction of sp³-hybridized carbons (Fsp3) is 0.250. The number of guanidine groups is 1. The number of rotatable bonds is 6. The van der Waals surface area contributed by atoms with E-state index in [1.807, 2.05) is 36.5 Å². The van der Waals surface area contributed by atoms with Crippen molar-refractivity contribution in [1.82, 2.24) is 20.6 Å². The van der Waals surface area contributed by atoms with Gasteiger partial charge in [0.2, 0.25) is 0 Å². The summed E-state index contributed by atoms with van der Waals surface area (Å²) in [7, 11) is 1.75. The first-order valence-electron chi connectivity index (χ1n) is 9.08. The van der Waals surface area contributed by atoms with E-state index in [-0.39, 0.29) is 0 Å². The van der Waals surface area contributed by atoms with E-state index < -0.39 is 0 Å². The maximum absolute atomic E-state index is 5.97. The highest BCUT2D eigenvalue weighted by atomic mass is 32.1. The molecule has 6 nitrogen and oxygen atoms in total. The summed E-state index contributed by atoms with van der Waals surface area (Å²) < 4.78 is 7.13. The number of aromatic nitrogens is 2. The van der Waals surface area contributed by atoms with E-state index in [9.17, 15) is 0 Å². The zero-order valence-electron chi connectivity index (χ0n) is 15.7. The van der Waals surface area contributed by atoms with Gasteiger partial charge in [-0.05, 0) is 30.7 Å². The van der Waals surface area contributed by atoms with Crippen molar-refractivity contribution in [2.45, 2.75) is 26.4 Å². The molecule has 3 aromatic heterocycles. The summed E-state index contributed by atoms with van der Waals surface area (Å²) in [6.07, 6.45) is 2.95. The summed E-state index contributed by atoms with van der Waals surface area (Å²) in [4.78, 5) is 14.6. The van der Waals surface area contributed by atoms with Gasteiger partial charge in [-0.2, -0.15) is 0 Å². The highest BCUT2D eigenvalue weighted by Gasteiger charge is 2.11. The minimum Gasteiger partial charge on any atom is -0.457 e. The number of fused-ring (bicyclic) bond motifs is 1. The Morgan fingerprint density at radius 3 is 2.75 bits per heavy atom. The first-order valence-corrected chi connectivity index (χ1v) is 10.7. The van der Waals surface area contributed by atoms with E-state index in [1.54, 1.807) is 29.7 Å². The van der Waals surface area contributed by atoms with Crippen LogP contribution in [0.4, 0.5) is 0 Å². The number of aryl methyl sites for hydroxylation is 1. The zero-order chi connectivity index (χ0) is 19.3. The van der Waals surface area contributed by atoms with Crippen LogP contribution >= 0.6 is 22.7 Å². The van der Waals surface area contributed by atoms with Crippen LogP contribution in [0.15, 0.2) is 52.0 Å². The molecule has 4 rings (SSSR count). The molecule has 0 saturated carbocycles. The van der Waals surface area contributed by atoms with Gasteiger partial charge < -0.3 is 15.1 Å². The summed E-state index contributed by atoms with van der Waals surface area (Å²) in [5, 5.41) is 8.50. The van der Waals surface area contributed by atoms with Crippen LogP contribution in [0.3, 0.4) is 0 Å². The lowest BCUT2D eigenvalue weighted by Gasteiger charge is -2.09. The van der Waals surface area contributed by atoms with Crippen LogP contribution in [0.2, 0.25) is 0 Å². The Morgan fingerprint density at radius 2 is 1.96 bits per heavy atom. The third-order valence-corrected chi connectivity index (χ3v) is 6.37. The molecule has 0 fully saturated rings. The highest BCUT2D eigenvalue weighted by molar-refractivity contribution is 7.21. The minimum absolute atomic E-state index is 0.544. The van der Waals surface area contributed by atoms with Crippen LogP contribution in [0.25, 0.3) is 21.0 Å². The van der Waals surface area contributed by atoms with Gasteiger partial charge in [0.15, 0.2) is 16.7 Å². The van der Waals surface area contributed by atoms with E-state index in [1.165, 1.54) is 4.88 Å². The Kier molecular flexibility index (Phi) is 5.68. The molecule has 0 amide bonds. The molecule has 0 unspecified atom stereocenters. The second-order valence-electron chi connectivity index (χ2n) is 6.11.